The lowest BCUT2D eigenvalue weighted by Crippen LogP contribution is -2.60. The number of ether oxygens (including phenoxy) is 1. The van der Waals surface area contributed by atoms with Crippen molar-refractivity contribution in [2.75, 3.05) is 0 Å². The fourth-order valence-electron chi connectivity index (χ4n) is 6.00. The van der Waals surface area contributed by atoms with E-state index in [-0.39, 0.29) is 35.8 Å². The Kier molecular flexibility index (Phi) is 4.18. The summed E-state index contributed by atoms with van der Waals surface area (Å²) in [7, 11) is 0. The predicted molar refractivity (Wildman–Crippen MR) is 110 cm³/mol. The molecule has 3 fully saturated rings. The minimum Gasteiger partial charge on any atom is -0.359 e. The highest BCUT2D eigenvalue weighted by atomic mass is 16.5. The summed E-state index contributed by atoms with van der Waals surface area (Å²) in [6.45, 7) is 6.02. The summed E-state index contributed by atoms with van der Waals surface area (Å²) in [6.07, 6.45) is 8.25. The van der Waals surface area contributed by atoms with Gasteiger partial charge in [-0.3, -0.25) is 9.59 Å². The number of nitrogens with zero attached hydrogens (tertiary/aromatic N) is 1. The van der Waals surface area contributed by atoms with Crippen molar-refractivity contribution in [3.8, 4) is 0 Å². The van der Waals surface area contributed by atoms with Gasteiger partial charge in [0.15, 0.2) is 0 Å². The third-order valence-corrected chi connectivity index (χ3v) is 7.13. The number of likely N-dealkylation sites (tertiary alicyclic amines) is 1. The van der Waals surface area contributed by atoms with E-state index in [9.17, 15) is 9.59 Å². The van der Waals surface area contributed by atoms with Gasteiger partial charge in [0.05, 0.1) is 12.0 Å². The van der Waals surface area contributed by atoms with Crippen LogP contribution in [0.3, 0.4) is 0 Å². The van der Waals surface area contributed by atoms with E-state index in [0.717, 1.165) is 31.2 Å². The van der Waals surface area contributed by atoms with Crippen molar-refractivity contribution >= 4 is 11.8 Å². The predicted octanol–water partition coefficient (Wildman–Crippen LogP) is 3.16. The van der Waals surface area contributed by atoms with E-state index in [2.05, 4.69) is 23.5 Å². The van der Waals surface area contributed by atoms with Crippen molar-refractivity contribution in [2.24, 2.45) is 5.92 Å². The molecule has 154 valence electrons. The Morgan fingerprint density at radius 2 is 1.86 bits per heavy atom. The standard InChI is InChI=1S/C24H30N2O3/c1-23(2,3)26-20(21(27)25-16-11-7-8-12-16)24-14-13-17(29-24)18(19(24)22(26)28)15-9-5-4-6-10-15/h4-6,9-10,13-14,16-20H,7-8,11-12H2,1-3H3,(H,25,27)/t17-,18+,19+,20-,24+/m1/s1. The van der Waals surface area contributed by atoms with Crippen molar-refractivity contribution in [1.82, 2.24) is 10.2 Å². The molecule has 2 amide bonds. The van der Waals surface area contributed by atoms with Gasteiger partial charge < -0.3 is 15.0 Å². The number of carbonyl (C=O) groups excluding carboxylic acids is 2. The second-order valence-electron chi connectivity index (χ2n) is 9.98. The Morgan fingerprint density at radius 3 is 2.52 bits per heavy atom. The van der Waals surface area contributed by atoms with Crippen LogP contribution in [0.25, 0.3) is 0 Å². The molecule has 4 aliphatic rings. The molecule has 5 rings (SSSR count). The molecule has 1 N–H and O–H groups in total. The molecule has 5 heteroatoms. The molecule has 2 bridgehead atoms. The van der Waals surface area contributed by atoms with E-state index in [1.807, 2.05) is 45.0 Å². The Hall–Kier alpha value is -2.14. The summed E-state index contributed by atoms with van der Waals surface area (Å²) < 4.78 is 6.51. The molecule has 3 aliphatic heterocycles. The molecule has 0 unspecified atom stereocenters. The van der Waals surface area contributed by atoms with E-state index in [0.29, 0.717) is 0 Å². The van der Waals surface area contributed by atoms with Crippen molar-refractivity contribution in [2.45, 2.75) is 81.7 Å². The maximum absolute atomic E-state index is 13.8. The Bertz CT molecular complexity index is 853. The third-order valence-electron chi connectivity index (χ3n) is 7.13. The van der Waals surface area contributed by atoms with E-state index >= 15 is 0 Å². The van der Waals surface area contributed by atoms with Gasteiger partial charge in [0, 0.05) is 17.5 Å². The number of amides is 2. The first-order valence-corrected chi connectivity index (χ1v) is 10.9. The smallest absolute Gasteiger partial charge is 0.246 e. The molecule has 5 atom stereocenters. The fraction of sp³-hybridized carbons (Fsp3) is 0.583. The first-order chi connectivity index (χ1) is 13.8. The highest BCUT2D eigenvalue weighted by Gasteiger charge is 2.72. The minimum atomic E-state index is -0.877. The number of nitrogens with one attached hydrogen (secondary N) is 1. The van der Waals surface area contributed by atoms with Crippen LogP contribution >= 0.6 is 0 Å². The van der Waals surface area contributed by atoms with Gasteiger partial charge >= 0.3 is 0 Å². The summed E-state index contributed by atoms with van der Waals surface area (Å²) in [5.74, 6) is -0.451. The molecule has 1 aromatic rings. The van der Waals surface area contributed by atoms with Crippen LogP contribution in [-0.4, -0.2) is 46.0 Å². The first-order valence-electron chi connectivity index (χ1n) is 10.9. The van der Waals surface area contributed by atoms with Crippen molar-refractivity contribution in [3.63, 3.8) is 0 Å². The van der Waals surface area contributed by atoms with E-state index in [1.54, 1.807) is 4.90 Å². The zero-order valence-corrected chi connectivity index (χ0v) is 17.4. The van der Waals surface area contributed by atoms with Crippen LogP contribution in [0.5, 0.6) is 0 Å². The average molecular weight is 395 g/mol. The first kappa shape index (κ1) is 18.9. The van der Waals surface area contributed by atoms with Gasteiger partial charge in [-0.05, 0) is 39.2 Å². The zero-order chi connectivity index (χ0) is 20.4. The topological polar surface area (TPSA) is 58.6 Å². The van der Waals surface area contributed by atoms with Crippen LogP contribution in [0.4, 0.5) is 0 Å². The number of fused-ring (bicyclic) bond motifs is 1. The van der Waals surface area contributed by atoms with Gasteiger partial charge in [-0.25, -0.2) is 0 Å². The highest BCUT2D eigenvalue weighted by Crippen LogP contribution is 2.59. The van der Waals surface area contributed by atoms with E-state index in [1.165, 1.54) is 0 Å². The number of carbonyl (C=O) groups is 2. The van der Waals surface area contributed by atoms with E-state index in [4.69, 9.17) is 4.74 Å². The summed E-state index contributed by atoms with van der Waals surface area (Å²) in [5, 5.41) is 3.24. The second kappa shape index (κ2) is 6.43. The van der Waals surface area contributed by atoms with Gasteiger partial charge in [0.25, 0.3) is 0 Å². The lowest BCUT2D eigenvalue weighted by molar-refractivity contribution is -0.145. The van der Waals surface area contributed by atoms with Gasteiger partial charge in [-0.1, -0.05) is 55.3 Å². The van der Waals surface area contributed by atoms with Gasteiger partial charge in [-0.2, -0.15) is 0 Å². The molecule has 29 heavy (non-hydrogen) atoms. The lowest BCUT2D eigenvalue weighted by Gasteiger charge is -2.40. The Balaban J connectivity index is 1.56. The van der Waals surface area contributed by atoms with Crippen LogP contribution in [-0.2, 0) is 14.3 Å². The Morgan fingerprint density at radius 1 is 1.17 bits per heavy atom. The average Bonchev–Trinajstić information content (AvgIpc) is 3.43. The van der Waals surface area contributed by atoms with Crippen molar-refractivity contribution < 1.29 is 14.3 Å². The normalized spacial score (nSPS) is 36.1. The van der Waals surface area contributed by atoms with Crippen LogP contribution in [0.15, 0.2) is 42.5 Å². The highest BCUT2D eigenvalue weighted by molar-refractivity contribution is 5.97. The molecular formula is C24H30N2O3. The SMILES string of the molecule is CC(C)(C)N1C(=O)[C@@H]2[C@@H](c3ccccc3)[C@H]3C=C[C@@]2(O3)[C@H]1C(=O)NC1CCCC1. The minimum absolute atomic E-state index is 0.0322. The van der Waals surface area contributed by atoms with Crippen LogP contribution in [0.1, 0.15) is 57.9 Å². The van der Waals surface area contributed by atoms with Crippen molar-refractivity contribution in [3.05, 3.63) is 48.0 Å². The molecule has 2 saturated heterocycles. The molecule has 5 nitrogen and oxygen atoms in total. The molecular weight excluding hydrogens is 364 g/mol. The molecule has 3 heterocycles. The number of hydrogen-bond donors (Lipinski definition) is 1. The number of rotatable bonds is 3. The third kappa shape index (κ3) is 2.70. The lowest BCUT2D eigenvalue weighted by atomic mass is 9.72. The second-order valence-corrected chi connectivity index (χ2v) is 9.98. The number of benzene rings is 1. The summed E-state index contributed by atoms with van der Waals surface area (Å²) in [6, 6.07) is 9.71. The van der Waals surface area contributed by atoms with Crippen molar-refractivity contribution in [1.29, 1.82) is 0 Å². The maximum Gasteiger partial charge on any atom is 0.246 e. The fourth-order valence-corrected chi connectivity index (χ4v) is 6.00. The molecule has 0 radical (unpaired) electrons. The summed E-state index contributed by atoms with van der Waals surface area (Å²) in [4.78, 5) is 29.1. The largest absolute Gasteiger partial charge is 0.359 e. The van der Waals surface area contributed by atoms with Gasteiger partial charge in [-0.15, -0.1) is 0 Å². The summed E-state index contributed by atoms with van der Waals surface area (Å²) in [5.41, 5.74) is -0.240. The van der Waals surface area contributed by atoms with Crippen LogP contribution in [0.2, 0.25) is 0 Å². The Labute approximate surface area is 172 Å². The van der Waals surface area contributed by atoms with Crippen LogP contribution < -0.4 is 5.32 Å². The quantitative estimate of drug-likeness (QED) is 0.801. The zero-order valence-electron chi connectivity index (χ0n) is 17.4. The van der Waals surface area contributed by atoms with Gasteiger partial charge in [0.1, 0.15) is 11.6 Å². The molecule has 0 aromatic heterocycles. The number of hydrogen-bond acceptors (Lipinski definition) is 3. The van der Waals surface area contributed by atoms with E-state index < -0.39 is 17.2 Å². The summed E-state index contributed by atoms with van der Waals surface area (Å²) >= 11 is 0. The molecule has 1 spiro atoms. The monoisotopic (exact) mass is 394 g/mol. The molecule has 1 aliphatic carbocycles. The maximum atomic E-state index is 13.8. The van der Waals surface area contributed by atoms with Gasteiger partial charge in [0.2, 0.25) is 11.8 Å². The molecule has 1 saturated carbocycles. The van der Waals surface area contributed by atoms with Crippen LogP contribution in [0, 0.1) is 5.92 Å². The molecule has 1 aromatic carbocycles.